The van der Waals surface area contributed by atoms with E-state index >= 15 is 0 Å². The molecule has 3 atom stereocenters. The van der Waals surface area contributed by atoms with E-state index in [-0.39, 0.29) is 48.7 Å². The predicted octanol–water partition coefficient (Wildman–Crippen LogP) is 1.00. The number of fused-ring (bicyclic) bond motifs is 2. The van der Waals surface area contributed by atoms with Gasteiger partial charge in [-0.05, 0) is 31.0 Å². The fraction of sp³-hybridized carbons (Fsp3) is 0.556. The van der Waals surface area contributed by atoms with E-state index in [0.717, 1.165) is 6.26 Å². The maximum absolute atomic E-state index is 13.0. The molecule has 0 spiro atoms. The molecule has 2 heterocycles. The molecule has 1 fully saturated rings. The van der Waals surface area contributed by atoms with Crippen molar-refractivity contribution >= 4 is 27.6 Å². The summed E-state index contributed by atoms with van der Waals surface area (Å²) in [6, 6.07) is 4.36. The summed E-state index contributed by atoms with van der Waals surface area (Å²) >= 11 is 0. The fourth-order valence-corrected chi connectivity index (χ4v) is 4.13. The highest BCUT2D eigenvalue weighted by Crippen LogP contribution is 2.32. The van der Waals surface area contributed by atoms with Crippen LogP contribution >= 0.6 is 0 Å². The molecular weight excluding hydrogens is 388 g/mol. The third kappa shape index (κ3) is 4.56. The monoisotopic (exact) mass is 412 g/mol. The number of amides is 1. The third-order valence-electron chi connectivity index (χ3n) is 4.94. The van der Waals surface area contributed by atoms with Crippen LogP contribution in [0.4, 0.5) is 5.69 Å². The van der Waals surface area contributed by atoms with Gasteiger partial charge in [0, 0.05) is 12.7 Å². The van der Waals surface area contributed by atoms with E-state index in [0.29, 0.717) is 24.3 Å². The van der Waals surface area contributed by atoms with Crippen LogP contribution in [0.1, 0.15) is 29.6 Å². The van der Waals surface area contributed by atoms with E-state index in [9.17, 15) is 18.0 Å². The molecule has 9 nitrogen and oxygen atoms in total. The highest BCUT2D eigenvalue weighted by molar-refractivity contribution is 7.92. The van der Waals surface area contributed by atoms with E-state index in [1.54, 1.807) is 18.0 Å². The molecular formula is C18H24N2O7S. The van der Waals surface area contributed by atoms with Crippen molar-refractivity contribution in [1.29, 1.82) is 0 Å². The van der Waals surface area contributed by atoms with Crippen LogP contribution < -0.4 is 9.46 Å². The largest absolute Gasteiger partial charge is 0.490 e. The number of rotatable bonds is 4. The maximum atomic E-state index is 13.0. The average molecular weight is 412 g/mol. The first kappa shape index (κ1) is 20.4. The summed E-state index contributed by atoms with van der Waals surface area (Å²) in [5.74, 6) is -0.263. The number of carbonyl (C=O) groups is 2. The lowest BCUT2D eigenvalue weighted by Crippen LogP contribution is -2.53. The van der Waals surface area contributed by atoms with E-state index in [1.165, 1.54) is 19.2 Å². The molecule has 2 aliphatic heterocycles. The number of hydrogen-bond acceptors (Lipinski definition) is 7. The lowest BCUT2D eigenvalue weighted by atomic mass is 9.94. The SMILES string of the molecule is COC(=O)C[C@H]1CC[C@H]2[C@@H](COc3ccc(NS(C)(=O)=O)cc3C(=O)N2C)O1. The van der Waals surface area contributed by atoms with Crippen molar-refractivity contribution in [3.05, 3.63) is 23.8 Å². The minimum Gasteiger partial charge on any atom is -0.490 e. The number of esters is 1. The molecule has 0 saturated carbocycles. The normalized spacial score (nSPS) is 24.9. The maximum Gasteiger partial charge on any atom is 0.308 e. The molecule has 2 aliphatic rings. The van der Waals surface area contributed by atoms with E-state index < -0.39 is 10.0 Å². The lowest BCUT2D eigenvalue weighted by molar-refractivity contribution is -0.151. The van der Waals surface area contributed by atoms with Gasteiger partial charge in [-0.25, -0.2) is 8.42 Å². The van der Waals surface area contributed by atoms with Crippen LogP contribution in [0.25, 0.3) is 0 Å². The van der Waals surface area contributed by atoms with Gasteiger partial charge in [-0.2, -0.15) is 0 Å². The van der Waals surface area contributed by atoms with E-state index in [1.807, 2.05) is 0 Å². The van der Waals surface area contributed by atoms with Crippen LogP contribution in [0.2, 0.25) is 0 Å². The molecule has 0 aliphatic carbocycles. The number of hydrogen-bond donors (Lipinski definition) is 1. The molecule has 3 rings (SSSR count). The topological polar surface area (TPSA) is 111 Å². The first-order chi connectivity index (χ1) is 13.2. The zero-order valence-electron chi connectivity index (χ0n) is 16.0. The van der Waals surface area contributed by atoms with Gasteiger partial charge in [-0.15, -0.1) is 0 Å². The van der Waals surface area contributed by atoms with Gasteiger partial charge in [-0.1, -0.05) is 0 Å². The number of likely N-dealkylation sites (N-methyl/N-ethyl adjacent to an activating group) is 1. The van der Waals surface area contributed by atoms with Crippen molar-refractivity contribution in [2.75, 3.05) is 31.7 Å². The second-order valence-corrected chi connectivity index (χ2v) is 8.78. The molecule has 0 unspecified atom stereocenters. The Bertz CT molecular complexity index is 871. The van der Waals surface area contributed by atoms with Crippen LogP contribution in [-0.2, 0) is 24.3 Å². The minimum atomic E-state index is -3.46. The lowest BCUT2D eigenvalue weighted by Gasteiger charge is -2.42. The summed E-state index contributed by atoms with van der Waals surface area (Å²) < 4.78 is 41.8. The van der Waals surface area contributed by atoms with Crippen LogP contribution in [0.15, 0.2) is 18.2 Å². The van der Waals surface area contributed by atoms with Gasteiger partial charge in [0.05, 0.1) is 37.5 Å². The van der Waals surface area contributed by atoms with Gasteiger partial charge >= 0.3 is 5.97 Å². The number of anilines is 1. The van der Waals surface area contributed by atoms with Gasteiger partial charge in [0.15, 0.2) is 0 Å². The van der Waals surface area contributed by atoms with Crippen LogP contribution in [0.5, 0.6) is 5.75 Å². The summed E-state index contributed by atoms with van der Waals surface area (Å²) in [5.41, 5.74) is 0.577. The second-order valence-electron chi connectivity index (χ2n) is 7.03. The average Bonchev–Trinajstić information content (AvgIpc) is 2.63. The fourth-order valence-electron chi connectivity index (χ4n) is 3.57. The third-order valence-corrected chi connectivity index (χ3v) is 5.54. The number of methoxy groups -OCH3 is 1. The summed E-state index contributed by atoms with van der Waals surface area (Å²) in [7, 11) is -0.435. The number of benzene rings is 1. The van der Waals surface area contributed by atoms with Crippen molar-refractivity contribution in [3.8, 4) is 5.75 Å². The van der Waals surface area contributed by atoms with Crippen LogP contribution in [0, 0.1) is 0 Å². The Kier molecular flexibility index (Phi) is 5.80. The quantitative estimate of drug-likeness (QED) is 0.735. The Balaban J connectivity index is 1.82. The Labute approximate surface area is 164 Å². The Morgan fingerprint density at radius 3 is 2.79 bits per heavy atom. The Morgan fingerprint density at radius 1 is 1.36 bits per heavy atom. The Morgan fingerprint density at radius 2 is 2.11 bits per heavy atom. The number of carbonyl (C=O) groups excluding carboxylic acids is 2. The van der Waals surface area contributed by atoms with E-state index in [4.69, 9.17) is 14.2 Å². The molecule has 10 heteroatoms. The molecule has 1 aromatic rings. The zero-order valence-corrected chi connectivity index (χ0v) is 16.8. The number of nitrogens with one attached hydrogen (secondary N) is 1. The second kappa shape index (κ2) is 7.96. The first-order valence-electron chi connectivity index (χ1n) is 8.92. The van der Waals surface area contributed by atoms with Crippen molar-refractivity contribution in [2.24, 2.45) is 0 Å². The van der Waals surface area contributed by atoms with Gasteiger partial charge in [0.2, 0.25) is 10.0 Å². The van der Waals surface area contributed by atoms with Gasteiger partial charge in [0.1, 0.15) is 18.5 Å². The molecule has 0 radical (unpaired) electrons. The standard InChI is InChI=1S/C18H24N2O7S/c1-20-14-6-5-12(9-17(21)25-2)27-16(14)10-26-15-7-4-11(19-28(3,23)24)8-13(15)18(20)22/h4,7-8,12,14,16,19H,5-6,9-10H2,1-3H3/t12-,14+,16-/m1/s1. The molecule has 28 heavy (non-hydrogen) atoms. The van der Waals surface area contributed by atoms with Crippen LogP contribution in [0.3, 0.4) is 0 Å². The molecule has 1 amide bonds. The number of sulfonamides is 1. The van der Waals surface area contributed by atoms with E-state index in [2.05, 4.69) is 4.72 Å². The highest BCUT2D eigenvalue weighted by Gasteiger charge is 2.39. The summed E-state index contributed by atoms with van der Waals surface area (Å²) in [6.45, 7) is 0.214. The van der Waals surface area contributed by atoms with Gasteiger partial charge in [0.25, 0.3) is 5.91 Å². The van der Waals surface area contributed by atoms with Crippen LogP contribution in [-0.4, -0.2) is 70.5 Å². The summed E-state index contributed by atoms with van der Waals surface area (Å²) in [5, 5.41) is 0. The van der Waals surface area contributed by atoms with Gasteiger partial charge < -0.3 is 19.1 Å². The van der Waals surface area contributed by atoms with Crippen molar-refractivity contribution in [2.45, 2.75) is 37.5 Å². The molecule has 154 valence electrons. The molecule has 0 bridgehead atoms. The number of ether oxygens (including phenoxy) is 3. The zero-order chi connectivity index (χ0) is 20.5. The Hall–Kier alpha value is -2.33. The highest BCUT2D eigenvalue weighted by atomic mass is 32.2. The van der Waals surface area contributed by atoms with Crippen molar-refractivity contribution < 1.29 is 32.2 Å². The van der Waals surface area contributed by atoms with Crippen molar-refractivity contribution in [3.63, 3.8) is 0 Å². The minimum absolute atomic E-state index is 0.161. The summed E-state index contributed by atoms with van der Waals surface area (Å²) in [6.07, 6.45) is 1.84. The summed E-state index contributed by atoms with van der Waals surface area (Å²) in [4.78, 5) is 26.1. The molecule has 0 aromatic heterocycles. The first-order valence-corrected chi connectivity index (χ1v) is 10.8. The predicted molar refractivity (Wildman–Crippen MR) is 101 cm³/mol. The molecule has 1 aromatic carbocycles. The molecule has 1 N–H and O–H groups in total. The number of nitrogens with zero attached hydrogens (tertiary/aromatic N) is 1. The van der Waals surface area contributed by atoms with Gasteiger partial charge in [-0.3, -0.25) is 14.3 Å². The molecule has 1 saturated heterocycles. The van der Waals surface area contributed by atoms with Crippen molar-refractivity contribution in [1.82, 2.24) is 4.90 Å². The smallest absolute Gasteiger partial charge is 0.308 e.